The standard InChI is InChI=1S/C13H14O4S/c1-8-7-18(16,17)11-9(8)5-4-6-10(11)13(2,3)12(14)15/h4-7H,1-3H3,(H,14,15). The summed E-state index contributed by atoms with van der Waals surface area (Å²) in [6, 6.07) is 4.96. The molecule has 1 aliphatic rings. The molecular formula is C13H14O4S. The maximum absolute atomic E-state index is 12.1. The van der Waals surface area contributed by atoms with Crippen LogP contribution in [-0.4, -0.2) is 19.5 Å². The molecule has 4 nitrogen and oxygen atoms in total. The van der Waals surface area contributed by atoms with Gasteiger partial charge in [-0.3, -0.25) is 4.79 Å². The van der Waals surface area contributed by atoms with Gasteiger partial charge in [-0.2, -0.15) is 0 Å². The van der Waals surface area contributed by atoms with E-state index in [1.165, 1.54) is 19.3 Å². The highest BCUT2D eigenvalue weighted by Crippen LogP contribution is 2.40. The van der Waals surface area contributed by atoms with Crippen LogP contribution in [0.5, 0.6) is 0 Å². The number of carbonyl (C=O) groups is 1. The van der Waals surface area contributed by atoms with E-state index in [2.05, 4.69) is 0 Å². The Bertz CT molecular complexity index is 666. The summed E-state index contributed by atoms with van der Waals surface area (Å²) in [5.41, 5.74) is 0.340. The third kappa shape index (κ3) is 1.66. The number of carboxylic acid groups (broad SMARTS) is 1. The van der Waals surface area contributed by atoms with Crippen molar-refractivity contribution in [3.8, 4) is 0 Å². The molecule has 0 radical (unpaired) electrons. The first-order chi connectivity index (χ1) is 8.18. The highest BCUT2D eigenvalue weighted by molar-refractivity contribution is 7.95. The molecule has 1 heterocycles. The molecule has 1 aromatic rings. The lowest BCUT2D eigenvalue weighted by Gasteiger charge is -2.22. The van der Waals surface area contributed by atoms with E-state index in [1.807, 2.05) is 0 Å². The van der Waals surface area contributed by atoms with Crippen LogP contribution >= 0.6 is 0 Å². The van der Waals surface area contributed by atoms with Crippen molar-refractivity contribution in [2.45, 2.75) is 31.1 Å². The second-order valence-corrected chi connectivity index (χ2v) is 6.69. The third-order valence-electron chi connectivity index (χ3n) is 3.26. The molecule has 0 amide bonds. The van der Waals surface area contributed by atoms with Crippen LogP contribution in [0, 0.1) is 0 Å². The van der Waals surface area contributed by atoms with Crippen molar-refractivity contribution in [3.05, 3.63) is 34.7 Å². The van der Waals surface area contributed by atoms with Gasteiger partial charge < -0.3 is 5.11 Å². The summed E-state index contributed by atoms with van der Waals surface area (Å²) < 4.78 is 24.2. The monoisotopic (exact) mass is 266 g/mol. The average Bonchev–Trinajstić information content (AvgIpc) is 2.49. The number of aliphatic carboxylic acids is 1. The summed E-state index contributed by atoms with van der Waals surface area (Å²) in [5.74, 6) is -1.05. The van der Waals surface area contributed by atoms with Crippen molar-refractivity contribution in [2.75, 3.05) is 0 Å². The lowest BCUT2D eigenvalue weighted by molar-refractivity contribution is -0.142. The van der Waals surface area contributed by atoms with E-state index in [0.29, 0.717) is 16.7 Å². The van der Waals surface area contributed by atoms with E-state index in [1.54, 1.807) is 25.1 Å². The number of hydrogen-bond acceptors (Lipinski definition) is 3. The molecule has 0 unspecified atom stereocenters. The van der Waals surface area contributed by atoms with E-state index >= 15 is 0 Å². The van der Waals surface area contributed by atoms with E-state index in [0.717, 1.165) is 0 Å². The summed E-state index contributed by atoms with van der Waals surface area (Å²) >= 11 is 0. The molecule has 18 heavy (non-hydrogen) atoms. The van der Waals surface area contributed by atoms with E-state index in [9.17, 15) is 18.3 Å². The molecular weight excluding hydrogens is 252 g/mol. The van der Waals surface area contributed by atoms with Crippen LogP contribution in [0.1, 0.15) is 31.9 Å². The zero-order valence-electron chi connectivity index (χ0n) is 10.4. The Morgan fingerprint density at radius 1 is 1.28 bits per heavy atom. The molecule has 0 saturated carbocycles. The van der Waals surface area contributed by atoms with Crippen molar-refractivity contribution in [1.82, 2.24) is 0 Å². The van der Waals surface area contributed by atoms with Gasteiger partial charge in [-0.1, -0.05) is 18.2 Å². The number of allylic oxidation sites excluding steroid dienone is 1. The number of sulfone groups is 1. The Balaban J connectivity index is 2.82. The van der Waals surface area contributed by atoms with Crippen molar-refractivity contribution >= 4 is 21.4 Å². The fourth-order valence-electron chi connectivity index (χ4n) is 2.12. The lowest BCUT2D eigenvalue weighted by Crippen LogP contribution is -2.30. The Morgan fingerprint density at radius 3 is 2.44 bits per heavy atom. The van der Waals surface area contributed by atoms with Gasteiger partial charge >= 0.3 is 5.97 Å². The normalized spacial score (nSPS) is 17.2. The van der Waals surface area contributed by atoms with Gasteiger partial charge in [-0.25, -0.2) is 8.42 Å². The zero-order valence-corrected chi connectivity index (χ0v) is 11.2. The highest BCUT2D eigenvalue weighted by atomic mass is 32.2. The molecule has 0 aliphatic carbocycles. The maximum Gasteiger partial charge on any atom is 0.313 e. The molecule has 0 atom stereocenters. The van der Waals surface area contributed by atoms with E-state index in [4.69, 9.17) is 0 Å². The fraction of sp³-hybridized carbons (Fsp3) is 0.308. The van der Waals surface area contributed by atoms with Crippen LogP contribution < -0.4 is 0 Å². The summed E-state index contributed by atoms with van der Waals surface area (Å²) in [6.07, 6.45) is 0. The van der Waals surface area contributed by atoms with Crippen LogP contribution in [0.25, 0.3) is 5.57 Å². The van der Waals surface area contributed by atoms with Gasteiger partial charge in [-0.05, 0) is 37.5 Å². The summed E-state index contributed by atoms with van der Waals surface area (Å²) in [7, 11) is -3.53. The van der Waals surface area contributed by atoms with Crippen LogP contribution in [0.2, 0.25) is 0 Å². The first kappa shape index (κ1) is 12.8. The number of hydrogen-bond donors (Lipinski definition) is 1. The first-order valence-electron chi connectivity index (χ1n) is 5.48. The van der Waals surface area contributed by atoms with Gasteiger partial charge in [0.15, 0.2) is 0 Å². The quantitative estimate of drug-likeness (QED) is 0.890. The van der Waals surface area contributed by atoms with Crippen LogP contribution in [0.4, 0.5) is 0 Å². The summed E-state index contributed by atoms with van der Waals surface area (Å²) in [6.45, 7) is 4.73. The minimum absolute atomic E-state index is 0.134. The fourth-order valence-corrected chi connectivity index (χ4v) is 3.99. The second-order valence-electron chi connectivity index (χ2n) is 4.96. The number of fused-ring (bicyclic) bond motifs is 1. The number of benzene rings is 1. The SMILES string of the molecule is CC1=CS(=O)(=O)c2c1cccc2C(C)(C)C(=O)O. The van der Waals surface area contributed by atoms with Crippen molar-refractivity contribution in [2.24, 2.45) is 0 Å². The smallest absolute Gasteiger partial charge is 0.313 e. The predicted octanol–water partition coefficient (Wildman–Crippen LogP) is 2.20. The summed E-state index contributed by atoms with van der Waals surface area (Å²) in [4.78, 5) is 11.4. The molecule has 2 rings (SSSR count). The topological polar surface area (TPSA) is 71.4 Å². The predicted molar refractivity (Wildman–Crippen MR) is 67.9 cm³/mol. The average molecular weight is 266 g/mol. The van der Waals surface area contributed by atoms with Crippen molar-refractivity contribution < 1.29 is 18.3 Å². The summed E-state index contributed by atoms with van der Waals surface area (Å²) in [5, 5.41) is 10.4. The number of carboxylic acids is 1. The number of rotatable bonds is 2. The largest absolute Gasteiger partial charge is 0.481 e. The van der Waals surface area contributed by atoms with Gasteiger partial charge in [0.1, 0.15) is 0 Å². The Labute approximate surface area is 106 Å². The minimum Gasteiger partial charge on any atom is -0.481 e. The molecule has 96 valence electrons. The molecule has 0 spiro atoms. The van der Waals surface area contributed by atoms with Gasteiger partial charge in [0.05, 0.1) is 10.3 Å². The zero-order chi connectivity index (χ0) is 13.7. The Morgan fingerprint density at radius 2 is 1.89 bits per heavy atom. The molecule has 0 aromatic heterocycles. The van der Waals surface area contributed by atoms with Gasteiger partial charge in [0, 0.05) is 5.41 Å². The van der Waals surface area contributed by atoms with E-state index in [-0.39, 0.29) is 4.90 Å². The van der Waals surface area contributed by atoms with Crippen LogP contribution in [-0.2, 0) is 20.0 Å². The minimum atomic E-state index is -3.53. The van der Waals surface area contributed by atoms with Crippen LogP contribution in [0.15, 0.2) is 28.5 Å². The Hall–Kier alpha value is -1.62. The molecule has 5 heteroatoms. The van der Waals surface area contributed by atoms with Gasteiger partial charge in [-0.15, -0.1) is 0 Å². The Kier molecular flexibility index (Phi) is 2.63. The van der Waals surface area contributed by atoms with Crippen molar-refractivity contribution in [3.63, 3.8) is 0 Å². The van der Waals surface area contributed by atoms with Gasteiger partial charge in [0.2, 0.25) is 9.84 Å². The highest BCUT2D eigenvalue weighted by Gasteiger charge is 2.38. The molecule has 1 aliphatic heterocycles. The molecule has 0 fully saturated rings. The van der Waals surface area contributed by atoms with Crippen LogP contribution in [0.3, 0.4) is 0 Å². The third-order valence-corrected chi connectivity index (χ3v) is 4.94. The molecule has 1 N–H and O–H groups in total. The molecule has 0 saturated heterocycles. The molecule has 0 bridgehead atoms. The lowest BCUT2D eigenvalue weighted by atomic mass is 9.83. The molecule has 1 aromatic carbocycles. The van der Waals surface area contributed by atoms with Crippen molar-refractivity contribution in [1.29, 1.82) is 0 Å². The van der Waals surface area contributed by atoms with E-state index < -0.39 is 21.2 Å². The first-order valence-corrected chi connectivity index (χ1v) is 7.03. The second kappa shape index (κ2) is 3.68. The maximum atomic E-state index is 12.1. The van der Waals surface area contributed by atoms with Gasteiger partial charge in [0.25, 0.3) is 0 Å².